The van der Waals surface area contributed by atoms with Crippen molar-refractivity contribution in [2.45, 2.75) is 43.9 Å². The molecule has 1 aromatic rings. The lowest BCUT2D eigenvalue weighted by Gasteiger charge is -2.32. The van der Waals surface area contributed by atoms with Gasteiger partial charge in [0.2, 0.25) is 0 Å². The Bertz CT molecular complexity index is 485. The normalized spacial score (nSPS) is 37.2. The Balaban J connectivity index is 1.90. The van der Waals surface area contributed by atoms with Crippen molar-refractivity contribution in [2.75, 3.05) is 0 Å². The van der Waals surface area contributed by atoms with Gasteiger partial charge in [-0.3, -0.25) is 4.79 Å². The molecule has 2 fully saturated rings. The van der Waals surface area contributed by atoms with Gasteiger partial charge in [-0.2, -0.15) is 0 Å². The molecule has 1 aromatic heterocycles. The molecule has 2 aliphatic rings. The third-order valence-corrected chi connectivity index (χ3v) is 6.64. The van der Waals surface area contributed by atoms with Gasteiger partial charge in [0.15, 0.2) is 5.78 Å². The van der Waals surface area contributed by atoms with Gasteiger partial charge in [-0.1, -0.05) is 38.6 Å². The van der Waals surface area contributed by atoms with Crippen LogP contribution in [-0.2, 0) is 4.79 Å². The first-order valence-electron chi connectivity index (χ1n) is 6.59. The molecule has 0 unspecified atom stereocenters. The van der Waals surface area contributed by atoms with Gasteiger partial charge in [0, 0.05) is 11.6 Å². The zero-order chi connectivity index (χ0) is 13.0. The molecule has 0 amide bonds. The van der Waals surface area contributed by atoms with E-state index in [0.29, 0.717) is 11.7 Å². The number of carbonyl (C=O) groups excluding carboxylic acids is 1. The summed E-state index contributed by atoms with van der Waals surface area (Å²) in [6.45, 7) is 6.69. The van der Waals surface area contributed by atoms with Crippen molar-refractivity contribution >= 4 is 17.5 Å². The molecule has 3 rings (SSSR count). The highest BCUT2D eigenvalue weighted by atomic mass is 32.2. The van der Waals surface area contributed by atoms with Crippen LogP contribution in [-0.4, -0.2) is 16.0 Å². The van der Waals surface area contributed by atoms with E-state index >= 15 is 0 Å². The Morgan fingerprint density at radius 3 is 2.67 bits per heavy atom. The second kappa shape index (κ2) is 3.83. The Hall–Kier alpha value is -0.830. The van der Waals surface area contributed by atoms with Crippen LogP contribution in [0.3, 0.4) is 0 Å². The molecule has 2 nitrogen and oxygen atoms in total. The van der Waals surface area contributed by atoms with Crippen LogP contribution in [0, 0.1) is 16.7 Å². The summed E-state index contributed by atoms with van der Waals surface area (Å²) >= 11 is 1.66. The van der Waals surface area contributed by atoms with Gasteiger partial charge in [-0.25, -0.2) is 4.98 Å². The predicted molar refractivity (Wildman–Crippen MR) is 73.5 cm³/mol. The number of rotatable bonds is 2. The van der Waals surface area contributed by atoms with Gasteiger partial charge in [0.25, 0.3) is 0 Å². The molecule has 0 N–H and O–H groups in total. The smallest absolute Gasteiger partial charge is 0.152 e. The quantitative estimate of drug-likeness (QED) is 0.815. The molecule has 3 heteroatoms. The summed E-state index contributed by atoms with van der Waals surface area (Å²) in [6.07, 6.45) is 4.04. The number of fused-ring (bicyclic) bond motifs is 2. The maximum atomic E-state index is 12.7. The highest BCUT2D eigenvalue weighted by Crippen LogP contribution is 2.66. The zero-order valence-corrected chi connectivity index (χ0v) is 12.0. The van der Waals surface area contributed by atoms with E-state index in [1.807, 2.05) is 18.2 Å². The lowest BCUT2D eigenvalue weighted by atomic mass is 9.70. The third-order valence-electron chi connectivity index (χ3n) is 5.36. The summed E-state index contributed by atoms with van der Waals surface area (Å²) in [5.74, 6) is 0.946. The average Bonchev–Trinajstić information content (AvgIpc) is 2.65. The monoisotopic (exact) mass is 261 g/mol. The van der Waals surface area contributed by atoms with E-state index in [1.165, 1.54) is 6.42 Å². The van der Waals surface area contributed by atoms with Gasteiger partial charge in [0.05, 0.1) is 10.3 Å². The van der Waals surface area contributed by atoms with Gasteiger partial charge >= 0.3 is 0 Å². The minimum Gasteiger partial charge on any atom is -0.298 e. The van der Waals surface area contributed by atoms with Crippen molar-refractivity contribution in [2.24, 2.45) is 16.7 Å². The first-order chi connectivity index (χ1) is 8.47. The summed E-state index contributed by atoms with van der Waals surface area (Å²) in [4.78, 5) is 17.0. The summed E-state index contributed by atoms with van der Waals surface area (Å²) in [7, 11) is 0. The fraction of sp³-hybridized carbons (Fsp3) is 0.600. The molecule has 0 saturated heterocycles. The highest BCUT2D eigenvalue weighted by Gasteiger charge is 2.66. The van der Waals surface area contributed by atoms with E-state index < -0.39 is 0 Å². The van der Waals surface area contributed by atoms with Crippen LogP contribution >= 0.6 is 11.8 Å². The number of carbonyl (C=O) groups is 1. The van der Waals surface area contributed by atoms with E-state index in [0.717, 1.165) is 11.4 Å². The Labute approximate surface area is 113 Å². The summed E-state index contributed by atoms with van der Waals surface area (Å²) < 4.78 is 0. The van der Waals surface area contributed by atoms with E-state index in [2.05, 4.69) is 25.8 Å². The van der Waals surface area contributed by atoms with E-state index in [4.69, 9.17) is 0 Å². The van der Waals surface area contributed by atoms with E-state index in [1.54, 1.807) is 18.0 Å². The van der Waals surface area contributed by atoms with Crippen molar-refractivity contribution in [3.8, 4) is 0 Å². The van der Waals surface area contributed by atoms with Gasteiger partial charge in [0.1, 0.15) is 0 Å². The summed E-state index contributed by atoms with van der Waals surface area (Å²) in [6, 6.07) is 5.90. The SMILES string of the molecule is CC1(C)[C@H]2CC[C@]1(C)C(=O)[C@@H]2Sc1ccccn1. The van der Waals surface area contributed by atoms with E-state index in [-0.39, 0.29) is 16.1 Å². The topological polar surface area (TPSA) is 30.0 Å². The van der Waals surface area contributed by atoms with Crippen molar-refractivity contribution in [3.63, 3.8) is 0 Å². The van der Waals surface area contributed by atoms with Crippen molar-refractivity contribution in [1.82, 2.24) is 4.98 Å². The summed E-state index contributed by atoms with van der Waals surface area (Å²) in [5, 5.41) is 1.08. The molecule has 1 heterocycles. The molecule has 0 radical (unpaired) electrons. The molecule has 2 saturated carbocycles. The van der Waals surface area contributed by atoms with Gasteiger partial charge < -0.3 is 0 Å². The van der Waals surface area contributed by atoms with Crippen LogP contribution in [0.1, 0.15) is 33.6 Å². The van der Waals surface area contributed by atoms with Crippen molar-refractivity contribution in [1.29, 1.82) is 0 Å². The maximum absolute atomic E-state index is 12.7. The Kier molecular flexibility index (Phi) is 2.60. The third kappa shape index (κ3) is 1.43. The first kappa shape index (κ1) is 12.2. The molecule has 2 aliphatic carbocycles. The fourth-order valence-corrected chi connectivity index (χ4v) is 5.23. The number of thioether (sulfide) groups is 1. The molecular weight excluding hydrogens is 242 g/mol. The maximum Gasteiger partial charge on any atom is 0.152 e. The van der Waals surface area contributed by atoms with Crippen LogP contribution < -0.4 is 0 Å². The molecular formula is C15H19NOS. The van der Waals surface area contributed by atoms with Gasteiger partial charge in [-0.05, 0) is 36.3 Å². The molecule has 0 aromatic carbocycles. The average molecular weight is 261 g/mol. The minimum absolute atomic E-state index is 0.105. The van der Waals surface area contributed by atoms with Crippen LogP contribution in [0.2, 0.25) is 0 Å². The molecule has 96 valence electrons. The number of hydrogen-bond donors (Lipinski definition) is 0. The van der Waals surface area contributed by atoms with Crippen molar-refractivity contribution < 1.29 is 4.79 Å². The second-order valence-electron chi connectivity index (χ2n) is 6.27. The van der Waals surface area contributed by atoms with Crippen LogP contribution in [0.25, 0.3) is 0 Å². The van der Waals surface area contributed by atoms with E-state index in [9.17, 15) is 4.79 Å². The standard InChI is InChI=1S/C15H19NOS/c1-14(2)10-7-8-15(14,3)13(17)12(10)18-11-6-4-5-9-16-11/h4-6,9-10,12H,7-8H2,1-3H3/t10-,12+,15+/m0/s1. The van der Waals surface area contributed by atoms with Crippen LogP contribution in [0.4, 0.5) is 0 Å². The predicted octanol–water partition coefficient (Wildman–Crippen LogP) is 3.57. The number of aromatic nitrogens is 1. The minimum atomic E-state index is -0.121. The zero-order valence-electron chi connectivity index (χ0n) is 11.1. The fourth-order valence-electron chi connectivity index (χ4n) is 3.69. The highest BCUT2D eigenvalue weighted by molar-refractivity contribution is 8.00. The van der Waals surface area contributed by atoms with Gasteiger partial charge in [-0.15, -0.1) is 0 Å². The number of ketones is 1. The Morgan fingerprint density at radius 2 is 2.11 bits per heavy atom. The number of pyridine rings is 1. The first-order valence-corrected chi connectivity index (χ1v) is 7.47. The van der Waals surface area contributed by atoms with Crippen LogP contribution in [0.5, 0.6) is 0 Å². The number of Topliss-reactive ketones (excluding diaryl/α,β-unsaturated/α-hetero) is 1. The molecule has 18 heavy (non-hydrogen) atoms. The summed E-state index contributed by atoms with van der Waals surface area (Å²) in [5.41, 5.74) is 0.0145. The molecule has 3 atom stereocenters. The number of hydrogen-bond acceptors (Lipinski definition) is 3. The lowest BCUT2D eigenvalue weighted by Crippen LogP contribution is -2.34. The van der Waals surface area contributed by atoms with Crippen molar-refractivity contribution in [3.05, 3.63) is 24.4 Å². The Morgan fingerprint density at radius 1 is 1.33 bits per heavy atom. The largest absolute Gasteiger partial charge is 0.298 e. The number of nitrogens with zero attached hydrogens (tertiary/aromatic N) is 1. The lowest BCUT2D eigenvalue weighted by molar-refractivity contribution is -0.127. The molecule has 0 spiro atoms. The van der Waals surface area contributed by atoms with Crippen LogP contribution in [0.15, 0.2) is 29.4 Å². The molecule has 2 bridgehead atoms. The second-order valence-corrected chi connectivity index (χ2v) is 7.43. The molecule has 0 aliphatic heterocycles.